The molecule has 2 heteroatoms. The molecule has 1 aliphatic rings. The molecule has 1 aromatic heterocycles. The molecule has 0 atom stereocenters. The predicted octanol–water partition coefficient (Wildman–Crippen LogP) is 3.58. The first-order chi connectivity index (χ1) is 9.24. The predicted molar refractivity (Wildman–Crippen MR) is 79.5 cm³/mol. The lowest BCUT2D eigenvalue weighted by Crippen LogP contribution is -2.05. The molecular formula is C17H16N2. The minimum absolute atomic E-state index is 0.744. The van der Waals surface area contributed by atoms with Crippen LogP contribution in [-0.2, 0) is 0 Å². The summed E-state index contributed by atoms with van der Waals surface area (Å²) in [6, 6.07) is 14.6. The van der Waals surface area contributed by atoms with Crippen molar-refractivity contribution in [2.45, 2.75) is 13.8 Å². The van der Waals surface area contributed by atoms with Gasteiger partial charge < -0.3 is 0 Å². The molecule has 2 nitrogen and oxygen atoms in total. The molecule has 2 heterocycles. The van der Waals surface area contributed by atoms with E-state index in [9.17, 15) is 0 Å². The van der Waals surface area contributed by atoms with Crippen molar-refractivity contribution in [2.75, 3.05) is 6.54 Å². The zero-order valence-electron chi connectivity index (χ0n) is 11.2. The molecule has 2 aromatic rings. The molecule has 0 amide bonds. The van der Waals surface area contributed by atoms with Crippen LogP contribution in [0, 0.1) is 13.8 Å². The maximum absolute atomic E-state index is 4.59. The summed E-state index contributed by atoms with van der Waals surface area (Å²) in [6.45, 7) is 4.85. The van der Waals surface area contributed by atoms with Crippen molar-refractivity contribution in [3.63, 3.8) is 0 Å². The zero-order valence-corrected chi connectivity index (χ0v) is 11.2. The van der Waals surface area contributed by atoms with Gasteiger partial charge in [0.1, 0.15) is 0 Å². The normalized spacial score (nSPS) is 14.2. The largest absolute Gasteiger partial charge is 0.278 e. The van der Waals surface area contributed by atoms with Gasteiger partial charge in [0, 0.05) is 11.3 Å². The van der Waals surface area contributed by atoms with E-state index in [1.54, 1.807) is 0 Å². The summed E-state index contributed by atoms with van der Waals surface area (Å²) in [4.78, 5) is 9.17. The number of aromatic nitrogens is 1. The van der Waals surface area contributed by atoms with E-state index in [0.29, 0.717) is 0 Å². The third kappa shape index (κ3) is 2.34. The molecular weight excluding hydrogens is 232 g/mol. The van der Waals surface area contributed by atoms with Crippen LogP contribution in [0.3, 0.4) is 0 Å². The minimum atomic E-state index is 0.744. The second kappa shape index (κ2) is 4.81. The Bertz CT molecular complexity index is 664. The van der Waals surface area contributed by atoms with Gasteiger partial charge in [0.2, 0.25) is 0 Å². The van der Waals surface area contributed by atoms with Crippen molar-refractivity contribution in [2.24, 2.45) is 4.99 Å². The van der Waals surface area contributed by atoms with Crippen LogP contribution in [0.4, 0.5) is 0 Å². The molecule has 3 rings (SSSR count). The summed E-state index contributed by atoms with van der Waals surface area (Å²) in [5, 5.41) is 0. The highest BCUT2D eigenvalue weighted by atomic mass is 14.8. The Morgan fingerprint density at radius 1 is 0.947 bits per heavy atom. The maximum atomic E-state index is 4.59. The molecule has 0 radical (unpaired) electrons. The Labute approximate surface area is 113 Å². The Morgan fingerprint density at radius 3 is 2.47 bits per heavy atom. The van der Waals surface area contributed by atoms with Crippen LogP contribution in [0.25, 0.3) is 5.57 Å². The summed E-state index contributed by atoms with van der Waals surface area (Å²) in [5.41, 5.74) is 6.67. The molecule has 19 heavy (non-hydrogen) atoms. The molecule has 0 bridgehead atoms. The lowest BCUT2D eigenvalue weighted by molar-refractivity contribution is 1.17. The molecule has 0 unspecified atom stereocenters. The van der Waals surface area contributed by atoms with Gasteiger partial charge in [-0.1, -0.05) is 42.0 Å². The van der Waals surface area contributed by atoms with Crippen molar-refractivity contribution >= 4 is 11.3 Å². The molecule has 0 aliphatic carbocycles. The number of hydrogen-bond donors (Lipinski definition) is 0. The van der Waals surface area contributed by atoms with Gasteiger partial charge in [-0.05, 0) is 31.5 Å². The highest BCUT2D eigenvalue weighted by molar-refractivity contribution is 6.32. The maximum Gasteiger partial charge on any atom is 0.0910 e. The van der Waals surface area contributed by atoms with Crippen molar-refractivity contribution in [3.8, 4) is 0 Å². The van der Waals surface area contributed by atoms with Crippen LogP contribution in [0.15, 0.2) is 53.5 Å². The Hall–Kier alpha value is -2.22. The summed E-state index contributed by atoms with van der Waals surface area (Å²) in [7, 11) is 0. The van der Waals surface area contributed by atoms with Crippen molar-refractivity contribution in [1.82, 2.24) is 4.98 Å². The van der Waals surface area contributed by atoms with Crippen LogP contribution < -0.4 is 0 Å². The first-order valence-corrected chi connectivity index (χ1v) is 6.50. The van der Waals surface area contributed by atoms with Crippen LogP contribution in [-0.4, -0.2) is 17.2 Å². The van der Waals surface area contributed by atoms with Gasteiger partial charge in [-0.2, -0.15) is 0 Å². The fourth-order valence-corrected chi connectivity index (χ4v) is 2.29. The van der Waals surface area contributed by atoms with Crippen LogP contribution in [0.2, 0.25) is 0 Å². The fourth-order valence-electron chi connectivity index (χ4n) is 2.29. The molecule has 94 valence electrons. The molecule has 0 saturated heterocycles. The topological polar surface area (TPSA) is 25.2 Å². The average Bonchev–Trinajstić information content (AvgIpc) is 2.89. The van der Waals surface area contributed by atoms with Gasteiger partial charge in [-0.3, -0.25) is 9.98 Å². The molecule has 1 aromatic carbocycles. The molecule has 0 N–H and O–H groups in total. The number of aliphatic imine (C=N–C) groups is 1. The second-order valence-electron chi connectivity index (χ2n) is 4.84. The van der Waals surface area contributed by atoms with E-state index in [2.05, 4.69) is 47.2 Å². The second-order valence-corrected chi connectivity index (χ2v) is 4.84. The number of aryl methyl sites for hydroxylation is 2. The van der Waals surface area contributed by atoms with Gasteiger partial charge in [-0.15, -0.1) is 0 Å². The smallest absolute Gasteiger partial charge is 0.0910 e. The summed E-state index contributed by atoms with van der Waals surface area (Å²) in [5.74, 6) is 0. The SMILES string of the molecule is Cc1ccc(C2=CCN=C2c2cccc(C)n2)cc1. The van der Waals surface area contributed by atoms with E-state index in [-0.39, 0.29) is 0 Å². The fraction of sp³-hybridized carbons (Fsp3) is 0.176. The average molecular weight is 248 g/mol. The minimum Gasteiger partial charge on any atom is -0.278 e. The Balaban J connectivity index is 2.00. The van der Waals surface area contributed by atoms with E-state index in [0.717, 1.165) is 23.6 Å². The van der Waals surface area contributed by atoms with E-state index in [4.69, 9.17) is 0 Å². The quantitative estimate of drug-likeness (QED) is 0.797. The van der Waals surface area contributed by atoms with E-state index < -0.39 is 0 Å². The van der Waals surface area contributed by atoms with Crippen molar-refractivity contribution in [1.29, 1.82) is 0 Å². The number of benzene rings is 1. The van der Waals surface area contributed by atoms with E-state index in [1.165, 1.54) is 16.7 Å². The number of rotatable bonds is 2. The Kier molecular flexibility index (Phi) is 3.00. The standard InChI is InChI=1S/C17H16N2/c1-12-6-8-14(9-7-12)15-10-11-18-17(15)16-5-3-4-13(2)19-16/h3-10H,11H2,1-2H3. The van der Waals surface area contributed by atoms with Gasteiger partial charge in [-0.25, -0.2) is 0 Å². The first kappa shape index (κ1) is 11.8. The van der Waals surface area contributed by atoms with Crippen molar-refractivity contribution in [3.05, 3.63) is 71.1 Å². The third-order valence-electron chi connectivity index (χ3n) is 3.29. The third-order valence-corrected chi connectivity index (χ3v) is 3.29. The van der Waals surface area contributed by atoms with Crippen LogP contribution >= 0.6 is 0 Å². The lowest BCUT2D eigenvalue weighted by Gasteiger charge is -2.08. The molecule has 0 fully saturated rings. The number of nitrogens with zero attached hydrogens (tertiary/aromatic N) is 2. The summed E-state index contributed by atoms with van der Waals surface area (Å²) < 4.78 is 0. The first-order valence-electron chi connectivity index (χ1n) is 6.50. The van der Waals surface area contributed by atoms with Gasteiger partial charge in [0.05, 0.1) is 18.0 Å². The molecule has 1 aliphatic heterocycles. The van der Waals surface area contributed by atoms with Crippen molar-refractivity contribution < 1.29 is 0 Å². The highest BCUT2D eigenvalue weighted by Crippen LogP contribution is 2.24. The van der Waals surface area contributed by atoms with Crippen LogP contribution in [0.1, 0.15) is 22.5 Å². The van der Waals surface area contributed by atoms with Crippen LogP contribution in [0.5, 0.6) is 0 Å². The van der Waals surface area contributed by atoms with Gasteiger partial charge >= 0.3 is 0 Å². The molecule has 0 saturated carbocycles. The lowest BCUT2D eigenvalue weighted by atomic mass is 9.99. The van der Waals surface area contributed by atoms with Gasteiger partial charge in [0.15, 0.2) is 0 Å². The summed E-state index contributed by atoms with van der Waals surface area (Å²) >= 11 is 0. The number of allylic oxidation sites excluding steroid dienone is 1. The zero-order chi connectivity index (χ0) is 13.2. The van der Waals surface area contributed by atoms with E-state index in [1.807, 2.05) is 25.1 Å². The van der Waals surface area contributed by atoms with E-state index >= 15 is 0 Å². The Morgan fingerprint density at radius 2 is 1.74 bits per heavy atom. The molecule has 0 spiro atoms. The number of pyridine rings is 1. The monoisotopic (exact) mass is 248 g/mol. The van der Waals surface area contributed by atoms with Gasteiger partial charge in [0.25, 0.3) is 0 Å². The highest BCUT2D eigenvalue weighted by Gasteiger charge is 2.16. The number of hydrogen-bond acceptors (Lipinski definition) is 2. The summed E-state index contributed by atoms with van der Waals surface area (Å²) in [6.07, 6.45) is 2.17.